The van der Waals surface area contributed by atoms with E-state index in [1.165, 1.54) is 18.2 Å². The lowest BCUT2D eigenvalue weighted by molar-refractivity contribution is 0.312. The first-order chi connectivity index (χ1) is 11.8. The van der Waals surface area contributed by atoms with Crippen LogP contribution in [0, 0.1) is 29.6 Å². The highest BCUT2D eigenvalue weighted by Gasteiger charge is 2.31. The van der Waals surface area contributed by atoms with E-state index in [1.54, 1.807) is 24.3 Å². The molecule has 9 heteroatoms. The van der Waals surface area contributed by atoms with Crippen molar-refractivity contribution in [1.29, 1.82) is 10.5 Å². The Kier molecular flexibility index (Phi) is 8.10. The molecule has 1 rings (SSSR count). The van der Waals surface area contributed by atoms with Gasteiger partial charge in [0.2, 0.25) is 0 Å². The van der Waals surface area contributed by atoms with Gasteiger partial charge in [-0.1, -0.05) is 17.7 Å². The van der Waals surface area contributed by atoms with Crippen LogP contribution in [0.2, 0.25) is 0 Å². The van der Waals surface area contributed by atoms with Crippen LogP contribution in [0.4, 0.5) is 0 Å². The van der Waals surface area contributed by atoms with E-state index in [9.17, 15) is 18.6 Å². The lowest BCUT2D eigenvalue weighted by Crippen LogP contribution is -2.23. The summed E-state index contributed by atoms with van der Waals surface area (Å²) in [6.45, 7) is 1.13. The SMILES string of the molecule is Cc1ccc(S(=O)(=O)OS(CC=C(C#N)C#N)(CCO)CCO)cc1. The van der Waals surface area contributed by atoms with Crippen molar-refractivity contribution in [3.05, 3.63) is 41.5 Å². The normalized spacial score (nSPS) is 12.0. The number of allylic oxidation sites excluding steroid dienone is 1. The molecule has 0 amide bonds. The van der Waals surface area contributed by atoms with Gasteiger partial charge in [0.1, 0.15) is 17.7 Å². The number of aliphatic hydroxyl groups excluding tert-OH is 2. The number of hydrogen-bond acceptors (Lipinski definition) is 7. The van der Waals surface area contributed by atoms with Crippen molar-refractivity contribution in [3.8, 4) is 12.1 Å². The Morgan fingerprint density at radius 1 is 1.12 bits per heavy atom. The van der Waals surface area contributed by atoms with Crippen molar-refractivity contribution in [2.75, 3.05) is 30.5 Å². The lowest BCUT2D eigenvalue weighted by atomic mass is 10.2. The highest BCUT2D eigenvalue weighted by molar-refractivity contribution is 8.33. The van der Waals surface area contributed by atoms with E-state index in [2.05, 4.69) is 0 Å². The lowest BCUT2D eigenvalue weighted by Gasteiger charge is -2.36. The number of nitriles is 2. The van der Waals surface area contributed by atoms with Gasteiger partial charge in [-0.15, -0.1) is 10.3 Å². The molecule has 0 aliphatic carbocycles. The van der Waals surface area contributed by atoms with Crippen LogP contribution in [0.25, 0.3) is 0 Å². The summed E-state index contributed by atoms with van der Waals surface area (Å²) in [5.41, 5.74) is 0.711. The number of rotatable bonds is 9. The Morgan fingerprint density at radius 3 is 2.08 bits per heavy atom. The smallest absolute Gasteiger partial charge is 0.306 e. The standard InChI is InChI=1S/C16H20N2O5S2/c1-14-2-4-16(5-3-14)25(21,22)23-24(10-7-19,11-8-20)9-6-15(12-17)13-18/h2-6,19-20H,7-11H2,1H3. The van der Waals surface area contributed by atoms with Crippen LogP contribution in [0.15, 0.2) is 40.8 Å². The summed E-state index contributed by atoms with van der Waals surface area (Å²) in [4.78, 5) is -0.0318. The second-order valence-corrected chi connectivity index (χ2v) is 10.2. The van der Waals surface area contributed by atoms with Gasteiger partial charge in [0.05, 0.1) is 18.1 Å². The minimum absolute atomic E-state index is 0.000706. The van der Waals surface area contributed by atoms with Gasteiger partial charge in [-0.05, 0) is 25.1 Å². The summed E-state index contributed by atoms with van der Waals surface area (Å²) < 4.78 is 30.6. The molecule has 0 atom stereocenters. The monoisotopic (exact) mass is 384 g/mol. The fraction of sp³-hybridized carbons (Fsp3) is 0.375. The van der Waals surface area contributed by atoms with Crippen LogP contribution < -0.4 is 0 Å². The molecule has 0 heterocycles. The molecule has 25 heavy (non-hydrogen) atoms. The largest absolute Gasteiger partial charge is 0.395 e. The summed E-state index contributed by atoms with van der Waals surface area (Å²) in [5, 5.41) is 36.3. The highest BCUT2D eigenvalue weighted by atomic mass is 32.3. The fourth-order valence-electron chi connectivity index (χ4n) is 1.98. The van der Waals surface area contributed by atoms with Crippen molar-refractivity contribution in [3.63, 3.8) is 0 Å². The molecule has 0 spiro atoms. The third-order valence-corrected chi connectivity index (χ3v) is 8.65. The number of aryl methyl sites for hydroxylation is 1. The van der Waals surface area contributed by atoms with Crippen LogP contribution in [0.1, 0.15) is 5.56 Å². The van der Waals surface area contributed by atoms with Crippen molar-refractivity contribution < 1.29 is 22.3 Å². The molecule has 0 bridgehead atoms. The van der Waals surface area contributed by atoms with Crippen LogP contribution >= 0.6 is 10.3 Å². The molecular formula is C16H20N2O5S2. The topological polar surface area (TPSA) is 131 Å². The van der Waals surface area contributed by atoms with Crippen molar-refractivity contribution in [1.82, 2.24) is 0 Å². The first-order valence-corrected chi connectivity index (χ1v) is 10.8. The Labute approximate surface area is 149 Å². The minimum atomic E-state index is -4.12. The van der Waals surface area contributed by atoms with Gasteiger partial charge < -0.3 is 10.2 Å². The van der Waals surface area contributed by atoms with Gasteiger partial charge in [-0.3, -0.25) is 0 Å². The molecule has 0 aliphatic rings. The van der Waals surface area contributed by atoms with Gasteiger partial charge in [-0.25, -0.2) is 3.63 Å². The molecule has 1 aromatic rings. The highest BCUT2D eigenvalue weighted by Crippen LogP contribution is 2.51. The molecule has 0 aliphatic heterocycles. The van der Waals surface area contributed by atoms with Crippen molar-refractivity contribution >= 4 is 20.4 Å². The molecule has 0 saturated heterocycles. The fourth-order valence-corrected chi connectivity index (χ4v) is 6.73. The van der Waals surface area contributed by atoms with Gasteiger partial charge in [-0.2, -0.15) is 18.9 Å². The summed E-state index contributed by atoms with van der Waals surface area (Å²) in [6.07, 6.45) is 1.28. The summed E-state index contributed by atoms with van der Waals surface area (Å²) >= 11 is 0. The van der Waals surface area contributed by atoms with Crippen molar-refractivity contribution in [2.24, 2.45) is 0 Å². The first kappa shape index (κ1) is 21.2. The van der Waals surface area contributed by atoms with E-state index in [4.69, 9.17) is 14.2 Å². The summed E-state index contributed by atoms with van der Waals surface area (Å²) in [5.74, 6) is -0.0335. The van der Waals surface area contributed by atoms with Gasteiger partial charge in [0.15, 0.2) is 0 Å². The maximum absolute atomic E-state index is 12.6. The average Bonchev–Trinajstić information content (AvgIpc) is 2.56. The van der Waals surface area contributed by atoms with E-state index < -0.39 is 20.4 Å². The third-order valence-electron chi connectivity index (χ3n) is 3.30. The van der Waals surface area contributed by atoms with E-state index in [0.29, 0.717) is 0 Å². The molecule has 7 nitrogen and oxygen atoms in total. The quantitative estimate of drug-likeness (QED) is 0.615. The predicted molar refractivity (Wildman–Crippen MR) is 95.1 cm³/mol. The zero-order valence-corrected chi connectivity index (χ0v) is 15.4. The molecule has 0 fully saturated rings. The average molecular weight is 384 g/mol. The molecule has 0 aromatic heterocycles. The zero-order valence-electron chi connectivity index (χ0n) is 13.8. The van der Waals surface area contributed by atoms with Gasteiger partial charge >= 0.3 is 10.1 Å². The predicted octanol–water partition coefficient (Wildman–Crippen LogP) is 1.38. The van der Waals surface area contributed by atoms with Crippen LogP contribution in [-0.4, -0.2) is 49.1 Å². The second kappa shape index (κ2) is 9.56. The van der Waals surface area contributed by atoms with Gasteiger partial charge in [0.25, 0.3) is 0 Å². The molecule has 136 valence electrons. The minimum Gasteiger partial charge on any atom is -0.395 e. The Morgan fingerprint density at radius 2 is 1.64 bits per heavy atom. The Hall–Kier alpha value is -1.88. The molecule has 0 unspecified atom stereocenters. The second-order valence-electron chi connectivity index (χ2n) is 5.16. The molecule has 0 saturated carbocycles. The van der Waals surface area contributed by atoms with Gasteiger partial charge in [0, 0.05) is 17.3 Å². The molecule has 1 aromatic carbocycles. The maximum atomic E-state index is 12.6. The molecule has 2 N–H and O–H groups in total. The van der Waals surface area contributed by atoms with E-state index in [-0.39, 0.29) is 40.9 Å². The van der Waals surface area contributed by atoms with E-state index >= 15 is 0 Å². The van der Waals surface area contributed by atoms with E-state index in [1.807, 2.05) is 6.92 Å². The molecule has 0 radical (unpaired) electrons. The van der Waals surface area contributed by atoms with Crippen LogP contribution in [-0.2, 0) is 13.7 Å². The summed E-state index contributed by atoms with van der Waals surface area (Å²) in [7, 11) is -6.62. The number of benzene rings is 1. The Bertz CT molecular complexity index is 767. The third kappa shape index (κ3) is 6.16. The van der Waals surface area contributed by atoms with Crippen LogP contribution in [0.5, 0.6) is 0 Å². The van der Waals surface area contributed by atoms with Crippen LogP contribution in [0.3, 0.4) is 0 Å². The van der Waals surface area contributed by atoms with Crippen molar-refractivity contribution in [2.45, 2.75) is 11.8 Å². The van der Waals surface area contributed by atoms with E-state index in [0.717, 1.165) is 5.56 Å². The first-order valence-electron chi connectivity index (χ1n) is 7.33. The maximum Gasteiger partial charge on any atom is 0.306 e. The number of aliphatic hydroxyl groups is 2. The molecular weight excluding hydrogens is 364 g/mol. The zero-order chi connectivity index (χ0) is 18.9. The Balaban J connectivity index is 3.23. The number of hydrogen-bond donors (Lipinski definition) is 2. The summed E-state index contributed by atoms with van der Waals surface area (Å²) in [6, 6.07) is 9.48. The number of nitrogens with zero attached hydrogens (tertiary/aromatic N) is 2.